The van der Waals surface area contributed by atoms with Gasteiger partial charge in [0.1, 0.15) is 17.3 Å². The maximum absolute atomic E-state index is 13.7. The number of hydrogen-bond acceptors (Lipinski definition) is 3. The fourth-order valence-corrected chi connectivity index (χ4v) is 1.64. The largest absolute Gasteiger partial charge is 0.381 e. The molecule has 1 aromatic carbocycles. The first-order valence-corrected chi connectivity index (χ1v) is 6.77. The van der Waals surface area contributed by atoms with E-state index < -0.39 is 17.5 Å². The van der Waals surface area contributed by atoms with E-state index in [9.17, 15) is 18.4 Å². The van der Waals surface area contributed by atoms with Gasteiger partial charge in [-0.3, -0.25) is 9.59 Å². The van der Waals surface area contributed by atoms with Gasteiger partial charge < -0.3 is 16.0 Å². The monoisotopic (exact) mass is 299 g/mol. The molecule has 0 unspecified atom stereocenters. The molecular weight excluding hydrogens is 280 g/mol. The first-order chi connectivity index (χ1) is 9.99. The molecule has 7 heteroatoms. The summed E-state index contributed by atoms with van der Waals surface area (Å²) in [7, 11) is 0. The van der Waals surface area contributed by atoms with E-state index in [-0.39, 0.29) is 23.7 Å². The van der Waals surface area contributed by atoms with Crippen molar-refractivity contribution in [3.63, 3.8) is 0 Å². The zero-order valence-electron chi connectivity index (χ0n) is 12.1. The van der Waals surface area contributed by atoms with Gasteiger partial charge in [0.05, 0.1) is 6.54 Å². The average Bonchev–Trinajstić information content (AvgIpc) is 2.46. The molecule has 5 nitrogen and oxygen atoms in total. The summed E-state index contributed by atoms with van der Waals surface area (Å²) in [6, 6.07) is 1.86. The summed E-state index contributed by atoms with van der Waals surface area (Å²) in [4.78, 5) is 23.1. The first kappa shape index (κ1) is 16.9. The maximum Gasteiger partial charge on any atom is 0.251 e. The van der Waals surface area contributed by atoms with Crippen LogP contribution in [-0.2, 0) is 4.79 Å². The second kappa shape index (κ2) is 8.18. The Kier molecular flexibility index (Phi) is 6.58. The molecule has 0 radical (unpaired) electrons. The molecule has 3 N–H and O–H groups in total. The molecule has 0 aliphatic rings. The Morgan fingerprint density at radius 3 is 2.24 bits per heavy atom. The summed E-state index contributed by atoms with van der Waals surface area (Å²) in [5.74, 6) is -2.76. The summed E-state index contributed by atoms with van der Waals surface area (Å²) in [6.45, 7) is 4.23. The van der Waals surface area contributed by atoms with Crippen LogP contribution in [0.4, 0.5) is 14.5 Å². The van der Waals surface area contributed by atoms with Gasteiger partial charge in [0.15, 0.2) is 0 Å². The number of benzene rings is 1. The van der Waals surface area contributed by atoms with Crippen LogP contribution in [0, 0.1) is 11.6 Å². The van der Waals surface area contributed by atoms with E-state index in [0.29, 0.717) is 13.1 Å². The second-order valence-corrected chi connectivity index (χ2v) is 4.38. The number of amides is 2. The molecule has 0 heterocycles. The standard InChI is InChI=1S/C14H19F2N3O2/c1-3-5-18-12(20)8-19-14(21)9-6-10(15)13(17-4-2)11(16)7-9/h6-7,17H,3-5,8H2,1-2H3,(H,18,20)(H,19,21). The van der Waals surface area contributed by atoms with Gasteiger partial charge in [-0.05, 0) is 25.5 Å². The summed E-state index contributed by atoms with van der Waals surface area (Å²) >= 11 is 0. The van der Waals surface area contributed by atoms with Gasteiger partial charge >= 0.3 is 0 Å². The van der Waals surface area contributed by atoms with Crippen molar-refractivity contribution in [3.8, 4) is 0 Å². The van der Waals surface area contributed by atoms with E-state index in [1.165, 1.54) is 0 Å². The molecule has 0 aromatic heterocycles. The molecule has 2 amide bonds. The smallest absolute Gasteiger partial charge is 0.251 e. The highest BCUT2D eigenvalue weighted by Gasteiger charge is 2.15. The topological polar surface area (TPSA) is 70.2 Å². The van der Waals surface area contributed by atoms with Gasteiger partial charge in [0.25, 0.3) is 5.91 Å². The Morgan fingerprint density at radius 1 is 1.10 bits per heavy atom. The molecule has 0 aliphatic carbocycles. The highest BCUT2D eigenvalue weighted by atomic mass is 19.1. The number of anilines is 1. The van der Waals surface area contributed by atoms with E-state index >= 15 is 0 Å². The number of nitrogens with one attached hydrogen (secondary N) is 3. The number of carbonyl (C=O) groups excluding carboxylic acids is 2. The number of hydrogen-bond donors (Lipinski definition) is 3. The Labute approximate surface area is 122 Å². The molecule has 0 fully saturated rings. The lowest BCUT2D eigenvalue weighted by molar-refractivity contribution is -0.120. The first-order valence-electron chi connectivity index (χ1n) is 6.77. The molecule has 0 aliphatic heterocycles. The highest BCUT2D eigenvalue weighted by molar-refractivity contribution is 5.96. The Balaban J connectivity index is 2.68. The van der Waals surface area contributed by atoms with Crippen molar-refractivity contribution in [2.24, 2.45) is 0 Å². The zero-order chi connectivity index (χ0) is 15.8. The average molecular weight is 299 g/mol. The Hall–Kier alpha value is -2.18. The van der Waals surface area contributed by atoms with Crippen molar-refractivity contribution in [1.29, 1.82) is 0 Å². The van der Waals surface area contributed by atoms with Crippen LogP contribution in [0.15, 0.2) is 12.1 Å². The zero-order valence-corrected chi connectivity index (χ0v) is 12.1. The summed E-state index contributed by atoms with van der Waals surface area (Å²) in [6.07, 6.45) is 0.780. The number of rotatable bonds is 7. The maximum atomic E-state index is 13.7. The molecule has 0 spiro atoms. The predicted molar refractivity (Wildman–Crippen MR) is 76.2 cm³/mol. The van der Waals surface area contributed by atoms with Gasteiger partial charge in [0.2, 0.25) is 5.91 Å². The van der Waals surface area contributed by atoms with Crippen molar-refractivity contribution >= 4 is 17.5 Å². The van der Waals surface area contributed by atoms with E-state index in [0.717, 1.165) is 18.6 Å². The second-order valence-electron chi connectivity index (χ2n) is 4.38. The lowest BCUT2D eigenvalue weighted by Gasteiger charge is -2.10. The van der Waals surface area contributed by atoms with Crippen LogP contribution in [0.1, 0.15) is 30.6 Å². The van der Waals surface area contributed by atoms with Crippen molar-refractivity contribution in [2.45, 2.75) is 20.3 Å². The van der Waals surface area contributed by atoms with Gasteiger partial charge in [-0.1, -0.05) is 6.92 Å². The van der Waals surface area contributed by atoms with Gasteiger partial charge in [0, 0.05) is 18.7 Å². The lowest BCUT2D eigenvalue weighted by Crippen LogP contribution is -2.37. The molecule has 116 valence electrons. The minimum absolute atomic E-state index is 0.171. The molecule has 21 heavy (non-hydrogen) atoms. The minimum Gasteiger partial charge on any atom is -0.381 e. The fraction of sp³-hybridized carbons (Fsp3) is 0.429. The van der Waals surface area contributed by atoms with E-state index in [1.54, 1.807) is 6.92 Å². The van der Waals surface area contributed by atoms with Gasteiger partial charge in [-0.25, -0.2) is 8.78 Å². The predicted octanol–water partition coefficient (Wildman–Crippen LogP) is 1.65. The molecule has 0 atom stereocenters. The summed E-state index contributed by atoms with van der Waals surface area (Å²) in [5, 5.41) is 7.42. The van der Waals surface area contributed by atoms with Gasteiger partial charge in [-0.15, -0.1) is 0 Å². The molecule has 1 rings (SSSR count). The van der Waals surface area contributed by atoms with Crippen molar-refractivity contribution in [2.75, 3.05) is 25.0 Å². The molecule has 1 aromatic rings. The van der Waals surface area contributed by atoms with Crippen molar-refractivity contribution in [3.05, 3.63) is 29.3 Å². The van der Waals surface area contributed by atoms with Crippen LogP contribution in [0.3, 0.4) is 0 Å². The number of halogens is 2. The summed E-state index contributed by atoms with van der Waals surface area (Å²) in [5.41, 5.74) is -0.440. The Morgan fingerprint density at radius 2 is 1.71 bits per heavy atom. The van der Waals surface area contributed by atoms with Crippen LogP contribution in [0.5, 0.6) is 0 Å². The molecule has 0 bridgehead atoms. The van der Waals surface area contributed by atoms with Crippen LogP contribution >= 0.6 is 0 Å². The lowest BCUT2D eigenvalue weighted by atomic mass is 10.1. The Bertz CT molecular complexity index is 498. The highest BCUT2D eigenvalue weighted by Crippen LogP contribution is 2.20. The van der Waals surface area contributed by atoms with Crippen LogP contribution < -0.4 is 16.0 Å². The minimum atomic E-state index is -0.850. The molecule has 0 saturated heterocycles. The van der Waals surface area contributed by atoms with Gasteiger partial charge in [-0.2, -0.15) is 0 Å². The third kappa shape index (κ3) is 5.02. The fourth-order valence-electron chi connectivity index (χ4n) is 1.64. The van der Waals surface area contributed by atoms with Crippen molar-refractivity contribution < 1.29 is 18.4 Å². The molecule has 0 saturated carbocycles. The van der Waals surface area contributed by atoms with Crippen LogP contribution in [-0.4, -0.2) is 31.4 Å². The van der Waals surface area contributed by atoms with E-state index in [2.05, 4.69) is 16.0 Å². The quantitative estimate of drug-likeness (QED) is 0.717. The third-order valence-electron chi connectivity index (χ3n) is 2.64. The van der Waals surface area contributed by atoms with Crippen LogP contribution in [0.25, 0.3) is 0 Å². The van der Waals surface area contributed by atoms with Crippen molar-refractivity contribution in [1.82, 2.24) is 10.6 Å². The van der Waals surface area contributed by atoms with Crippen LogP contribution in [0.2, 0.25) is 0 Å². The van der Waals surface area contributed by atoms with E-state index in [4.69, 9.17) is 0 Å². The normalized spacial score (nSPS) is 10.1. The summed E-state index contributed by atoms with van der Waals surface area (Å²) < 4.78 is 27.3. The third-order valence-corrected chi connectivity index (χ3v) is 2.64. The van der Waals surface area contributed by atoms with E-state index in [1.807, 2.05) is 6.92 Å². The SMILES string of the molecule is CCCNC(=O)CNC(=O)c1cc(F)c(NCC)c(F)c1. The number of carbonyl (C=O) groups is 2. The molecular formula is C14H19F2N3O2.